The van der Waals surface area contributed by atoms with E-state index in [-0.39, 0.29) is 0 Å². The zero-order valence-corrected chi connectivity index (χ0v) is 9.32. The molecule has 0 saturated heterocycles. The van der Waals surface area contributed by atoms with E-state index in [1.54, 1.807) is 0 Å². The monoisotopic (exact) mass is 196 g/mol. The van der Waals surface area contributed by atoms with Crippen molar-refractivity contribution in [3.63, 3.8) is 0 Å². The first-order valence-corrected chi connectivity index (χ1v) is 8.74. The third-order valence-corrected chi connectivity index (χ3v) is 9.73. The molecule has 0 spiro atoms. The van der Waals surface area contributed by atoms with Gasteiger partial charge in [0.2, 0.25) is 0 Å². The van der Waals surface area contributed by atoms with Gasteiger partial charge in [0.25, 0.3) is 0 Å². The average molecular weight is 195 g/mol. The molecule has 0 rings (SSSR count). The summed E-state index contributed by atoms with van der Waals surface area (Å²) in [7, 11) is 0. The van der Waals surface area contributed by atoms with Crippen LogP contribution in [0.5, 0.6) is 0 Å². The fourth-order valence-corrected chi connectivity index (χ4v) is 0. The molecule has 0 fully saturated rings. The fourth-order valence-electron chi connectivity index (χ4n) is 0. The molecule has 0 aromatic heterocycles. The molecule has 2 heteroatoms. The van der Waals surface area contributed by atoms with Crippen molar-refractivity contribution in [2.24, 2.45) is 0 Å². The van der Waals surface area contributed by atoms with Crippen LogP contribution in [0.15, 0.2) is 0 Å². The predicted molar refractivity (Wildman–Crippen MR) is 44.3 cm³/mol. The maximum atomic E-state index is 2.85. The van der Waals surface area contributed by atoms with Crippen molar-refractivity contribution in [2.45, 2.75) is 38.9 Å². The Hall–Kier alpha value is 0.736. The summed E-state index contributed by atoms with van der Waals surface area (Å²) in [6, 6.07) is 0. The molecule has 0 aliphatic heterocycles. The molecule has 0 heterocycles. The van der Waals surface area contributed by atoms with Crippen LogP contribution < -0.4 is 0 Å². The maximum absolute atomic E-state index is 2.85. The Labute approximate surface area is 61.3 Å². The van der Waals surface area contributed by atoms with Gasteiger partial charge in [-0.25, -0.2) is 0 Å². The third-order valence-electron chi connectivity index (χ3n) is 1.84. The molecule has 8 heavy (non-hydrogen) atoms. The van der Waals surface area contributed by atoms with Crippen LogP contribution >= 0.6 is 0 Å². The second-order valence-corrected chi connectivity index (χ2v) is 15.5. The second kappa shape index (κ2) is 2.16. The van der Waals surface area contributed by atoms with Gasteiger partial charge in [0.05, 0.1) is 0 Å². The molecule has 0 bridgehead atoms. The van der Waals surface area contributed by atoms with Crippen molar-refractivity contribution in [2.75, 3.05) is 0 Å². The van der Waals surface area contributed by atoms with E-state index >= 15 is 0 Å². The molecule has 50 valence electrons. The summed E-state index contributed by atoms with van der Waals surface area (Å²) in [5.74, 6) is 0. The first kappa shape index (κ1) is 8.74. The Morgan fingerprint density at radius 3 is 1.25 bits per heavy atom. The van der Waals surface area contributed by atoms with Crippen molar-refractivity contribution in [1.82, 2.24) is 0 Å². The number of rotatable bonds is 0. The van der Waals surface area contributed by atoms with E-state index in [9.17, 15) is 0 Å². The molecule has 0 N–H and O–H groups in total. The summed E-state index contributed by atoms with van der Waals surface area (Å²) in [5.41, 5.74) is 0. The van der Waals surface area contributed by atoms with Crippen molar-refractivity contribution >= 4 is 22.1 Å². The summed E-state index contributed by atoms with van der Waals surface area (Å²) < 4.78 is 0. The zero-order valence-electron chi connectivity index (χ0n) is 6.45. The van der Waals surface area contributed by atoms with Crippen LogP contribution in [0, 0.1) is 0 Å². The van der Waals surface area contributed by atoms with Gasteiger partial charge in [-0.15, -0.1) is 0 Å². The molecular weight excluding hydrogens is 179 g/mol. The summed E-state index contributed by atoms with van der Waals surface area (Å²) in [6.45, 7) is 10.8. The van der Waals surface area contributed by atoms with Crippen molar-refractivity contribution < 1.29 is 0 Å². The van der Waals surface area contributed by atoms with E-state index in [0.717, 1.165) is 0 Å². The molecule has 0 aromatic carbocycles. The molecule has 0 nitrogen and oxygen atoms in total. The van der Waals surface area contributed by atoms with Crippen LogP contribution in [-0.4, -0.2) is 22.1 Å². The summed E-state index contributed by atoms with van der Waals surface area (Å²) >= 11 is 2.85. The second-order valence-electron chi connectivity index (χ2n) is 3.81. The van der Waals surface area contributed by atoms with Gasteiger partial charge in [0.15, 0.2) is 0 Å². The van der Waals surface area contributed by atoms with E-state index in [4.69, 9.17) is 0 Å². The summed E-state index contributed by atoms with van der Waals surface area (Å²) in [5, 5.41) is 0.549. The molecular formula is C6H16SeSi. The van der Waals surface area contributed by atoms with Crippen LogP contribution in [0.2, 0.25) is 18.1 Å². The normalized spacial score (nSPS) is 14.2. The Balaban J connectivity index is 4.02. The standard InChI is InChI=1S/C6H16SeSi/c1-6(2,3)8(4,5)7/h7H,1-5H3. The van der Waals surface area contributed by atoms with Gasteiger partial charge in [-0.05, 0) is 0 Å². The molecule has 0 aliphatic carbocycles. The molecule has 0 amide bonds. The van der Waals surface area contributed by atoms with Crippen molar-refractivity contribution in [3.05, 3.63) is 0 Å². The number of hydrogen-bond donors (Lipinski definition) is 0. The third kappa shape index (κ3) is 2.34. The molecule has 0 unspecified atom stereocenters. The number of hydrogen-bond acceptors (Lipinski definition) is 0. The zero-order chi connectivity index (χ0) is 7.00. The molecule has 0 saturated carbocycles. The van der Waals surface area contributed by atoms with Crippen molar-refractivity contribution in [3.8, 4) is 0 Å². The molecule has 0 aliphatic rings. The van der Waals surface area contributed by atoms with Crippen LogP contribution in [0.1, 0.15) is 20.8 Å². The molecule has 0 aromatic rings. The van der Waals surface area contributed by atoms with Crippen LogP contribution in [0.4, 0.5) is 0 Å². The Morgan fingerprint density at radius 1 is 1.12 bits per heavy atom. The Bertz CT molecular complexity index is 63.5. The van der Waals surface area contributed by atoms with Crippen molar-refractivity contribution in [1.29, 1.82) is 0 Å². The Morgan fingerprint density at radius 2 is 1.25 bits per heavy atom. The quantitative estimate of drug-likeness (QED) is 0.518. The Kier molecular flexibility index (Phi) is 2.36. The average Bonchev–Trinajstić information content (AvgIpc) is 1.25. The van der Waals surface area contributed by atoms with Crippen LogP contribution in [-0.2, 0) is 0 Å². The molecule has 0 atom stereocenters. The SMILES string of the molecule is CC(C)(C)[Si](C)(C)[SeH]. The van der Waals surface area contributed by atoms with Crippen LogP contribution in [0.25, 0.3) is 0 Å². The van der Waals surface area contributed by atoms with E-state index < -0.39 is 6.68 Å². The van der Waals surface area contributed by atoms with Gasteiger partial charge in [0, 0.05) is 0 Å². The summed E-state index contributed by atoms with van der Waals surface area (Å²) in [4.78, 5) is 0. The fraction of sp³-hybridized carbons (Fsp3) is 1.00. The van der Waals surface area contributed by atoms with Gasteiger partial charge >= 0.3 is 61.0 Å². The molecule has 0 radical (unpaired) electrons. The van der Waals surface area contributed by atoms with Gasteiger partial charge in [-0.1, -0.05) is 0 Å². The summed E-state index contributed by atoms with van der Waals surface area (Å²) in [6.07, 6.45) is 0. The van der Waals surface area contributed by atoms with Gasteiger partial charge in [0.1, 0.15) is 0 Å². The van der Waals surface area contributed by atoms with Gasteiger partial charge < -0.3 is 0 Å². The minimum atomic E-state index is -0.921. The topological polar surface area (TPSA) is 0 Å². The van der Waals surface area contributed by atoms with Gasteiger partial charge in [-0.2, -0.15) is 0 Å². The first-order valence-electron chi connectivity index (χ1n) is 2.97. The van der Waals surface area contributed by atoms with Crippen LogP contribution in [0.3, 0.4) is 0 Å². The minimum absolute atomic E-state index is 0.549. The van der Waals surface area contributed by atoms with E-state index in [0.29, 0.717) is 5.04 Å². The van der Waals surface area contributed by atoms with E-state index in [1.165, 1.54) is 0 Å². The van der Waals surface area contributed by atoms with E-state index in [1.807, 2.05) is 0 Å². The predicted octanol–water partition coefficient (Wildman–Crippen LogP) is 1.89. The first-order chi connectivity index (χ1) is 3.25. The van der Waals surface area contributed by atoms with E-state index in [2.05, 4.69) is 49.2 Å². The van der Waals surface area contributed by atoms with Gasteiger partial charge in [-0.3, -0.25) is 0 Å².